The zero-order valence-corrected chi connectivity index (χ0v) is 22.9. The number of carbonyl (C=O) groups excluding carboxylic acids is 3. The number of hydrogen-bond donors (Lipinski definition) is 4. The van der Waals surface area contributed by atoms with Gasteiger partial charge in [-0.05, 0) is 51.3 Å². The van der Waals surface area contributed by atoms with Crippen molar-refractivity contribution in [3.05, 3.63) is 67.1 Å². The van der Waals surface area contributed by atoms with Crippen molar-refractivity contribution in [3.63, 3.8) is 0 Å². The fourth-order valence-corrected chi connectivity index (χ4v) is 5.98. The summed E-state index contributed by atoms with van der Waals surface area (Å²) in [6, 6.07) is 2.67. The topological polar surface area (TPSA) is 185 Å². The number of benzene rings is 3. The van der Waals surface area contributed by atoms with Crippen LogP contribution in [0.2, 0.25) is 0 Å². The van der Waals surface area contributed by atoms with Crippen LogP contribution < -0.4 is 10.3 Å². The van der Waals surface area contributed by atoms with Crippen LogP contribution in [0.1, 0.15) is 61.2 Å². The van der Waals surface area contributed by atoms with E-state index in [-0.39, 0.29) is 75.0 Å². The molecule has 0 fully saturated rings. The predicted molar refractivity (Wildman–Crippen MR) is 147 cm³/mol. The van der Waals surface area contributed by atoms with Crippen molar-refractivity contribution in [1.29, 1.82) is 0 Å². The van der Waals surface area contributed by atoms with Gasteiger partial charge in [0.05, 0.1) is 41.5 Å². The molecule has 12 heteroatoms. The quantitative estimate of drug-likeness (QED) is 0.243. The van der Waals surface area contributed by atoms with Crippen LogP contribution in [-0.2, 0) is 17.6 Å². The Labute approximate surface area is 237 Å². The van der Waals surface area contributed by atoms with Gasteiger partial charge in [-0.25, -0.2) is 4.79 Å². The molecule has 12 nitrogen and oxygen atoms in total. The van der Waals surface area contributed by atoms with Gasteiger partial charge in [0.2, 0.25) is 5.78 Å². The van der Waals surface area contributed by atoms with Gasteiger partial charge in [0.15, 0.2) is 5.78 Å². The van der Waals surface area contributed by atoms with Gasteiger partial charge in [0, 0.05) is 33.2 Å². The van der Waals surface area contributed by atoms with E-state index in [2.05, 4.69) is 5.10 Å². The first-order valence-electron chi connectivity index (χ1n) is 13.0. The molecular formula is C30H24N2O10. The highest BCUT2D eigenvalue weighted by molar-refractivity contribution is 6.32. The molecule has 0 atom stereocenters. The molecule has 3 aromatic carbocycles. The van der Waals surface area contributed by atoms with Crippen molar-refractivity contribution < 1.29 is 44.3 Å². The lowest BCUT2D eigenvalue weighted by molar-refractivity contribution is 0.0971. The maximum Gasteiger partial charge on any atom is 0.438 e. The van der Waals surface area contributed by atoms with Crippen LogP contribution in [-0.4, -0.2) is 61.6 Å². The third kappa shape index (κ3) is 3.31. The number of aryl methyl sites for hydroxylation is 2. The fraction of sp³-hybridized carbons (Fsp3) is 0.233. The summed E-state index contributed by atoms with van der Waals surface area (Å²) in [4.78, 5) is 53.3. The number of ketones is 2. The van der Waals surface area contributed by atoms with Crippen LogP contribution in [0.5, 0.6) is 28.7 Å². The maximum absolute atomic E-state index is 13.8. The van der Waals surface area contributed by atoms with Crippen molar-refractivity contribution in [2.24, 2.45) is 0 Å². The molecule has 6 rings (SSSR count). The molecule has 1 aromatic heterocycles. The minimum absolute atomic E-state index is 0.00323. The van der Waals surface area contributed by atoms with Gasteiger partial charge < -0.3 is 29.9 Å². The van der Waals surface area contributed by atoms with Crippen molar-refractivity contribution in [2.75, 3.05) is 13.7 Å². The smallest absolute Gasteiger partial charge is 0.438 e. The molecule has 1 heterocycles. The number of methoxy groups -OCH3 is 1. The summed E-state index contributed by atoms with van der Waals surface area (Å²) >= 11 is 0. The van der Waals surface area contributed by atoms with E-state index in [1.165, 1.54) is 14.0 Å². The first-order chi connectivity index (χ1) is 19.9. The second-order valence-electron chi connectivity index (χ2n) is 10.1. The van der Waals surface area contributed by atoms with E-state index in [1.807, 2.05) is 0 Å². The number of nitrogens with zero attached hydrogens (tertiary/aromatic N) is 2. The molecule has 0 spiro atoms. The maximum atomic E-state index is 13.8. The Balaban J connectivity index is 1.71. The highest BCUT2D eigenvalue weighted by atomic mass is 16.6. The monoisotopic (exact) mass is 572 g/mol. The predicted octanol–water partition coefficient (Wildman–Crippen LogP) is 3.39. The van der Waals surface area contributed by atoms with E-state index in [9.17, 15) is 39.6 Å². The second-order valence-corrected chi connectivity index (χ2v) is 10.1. The van der Waals surface area contributed by atoms with Crippen molar-refractivity contribution >= 4 is 28.4 Å². The van der Waals surface area contributed by atoms with Gasteiger partial charge >= 0.3 is 6.09 Å². The average Bonchev–Trinajstić information content (AvgIpc) is 2.95. The van der Waals surface area contributed by atoms with Crippen LogP contribution >= 0.6 is 0 Å². The van der Waals surface area contributed by atoms with Gasteiger partial charge in [-0.3, -0.25) is 14.4 Å². The minimum atomic E-state index is -1.03. The van der Waals surface area contributed by atoms with Crippen molar-refractivity contribution in [3.8, 4) is 39.9 Å². The molecule has 2 aliphatic rings. The van der Waals surface area contributed by atoms with E-state index < -0.39 is 51.8 Å². The van der Waals surface area contributed by atoms with E-state index in [4.69, 9.17) is 9.47 Å². The molecule has 0 amide bonds. The zero-order valence-electron chi connectivity index (χ0n) is 22.9. The number of ether oxygens (including phenoxy) is 2. The van der Waals surface area contributed by atoms with Gasteiger partial charge in [0.1, 0.15) is 28.7 Å². The Morgan fingerprint density at radius 1 is 0.905 bits per heavy atom. The number of aromatic nitrogens is 2. The first-order valence-corrected chi connectivity index (χ1v) is 13.0. The SMILES string of the molecule is CCOC(=O)n1nc(C)c2cc3c(c(O)c2c1=O)-c1c(O)c2c(c(OC)c1CC3)C(=O)c1c(cc(O)c(C)c1O)C2=O. The lowest BCUT2D eigenvalue weighted by Crippen LogP contribution is -2.31. The van der Waals surface area contributed by atoms with E-state index in [0.29, 0.717) is 15.8 Å². The molecule has 4 N–H and O–H groups in total. The molecular weight excluding hydrogens is 548 g/mol. The number of carbonyl (C=O) groups is 3. The summed E-state index contributed by atoms with van der Waals surface area (Å²) in [6.07, 6.45) is -0.524. The Hall–Kier alpha value is -5.39. The first kappa shape index (κ1) is 26.8. The molecule has 0 radical (unpaired) electrons. The highest BCUT2D eigenvalue weighted by Crippen LogP contribution is 2.54. The number of phenols is 4. The Morgan fingerprint density at radius 2 is 1.62 bits per heavy atom. The van der Waals surface area contributed by atoms with Gasteiger partial charge in [-0.1, -0.05) is 0 Å². The largest absolute Gasteiger partial charge is 0.508 e. The number of aromatic hydroxyl groups is 4. The van der Waals surface area contributed by atoms with E-state index in [1.54, 1.807) is 19.9 Å². The molecule has 0 aliphatic heterocycles. The molecule has 0 saturated carbocycles. The number of phenolic OH excluding ortho intramolecular Hbond substituents is 4. The summed E-state index contributed by atoms with van der Waals surface area (Å²) in [7, 11) is 1.28. The number of fused-ring (bicyclic) bond motifs is 6. The minimum Gasteiger partial charge on any atom is -0.508 e. The summed E-state index contributed by atoms with van der Waals surface area (Å²) in [5.41, 5.74) is -1.20. The summed E-state index contributed by atoms with van der Waals surface area (Å²) in [6.45, 7) is 4.49. The molecule has 0 bridgehead atoms. The lowest BCUT2D eigenvalue weighted by Gasteiger charge is -2.30. The molecule has 42 heavy (non-hydrogen) atoms. The number of hydrogen-bond acceptors (Lipinski definition) is 11. The fourth-order valence-electron chi connectivity index (χ4n) is 5.98. The second kappa shape index (κ2) is 9.06. The van der Waals surface area contributed by atoms with Crippen LogP contribution in [0.25, 0.3) is 21.9 Å². The third-order valence-electron chi connectivity index (χ3n) is 7.95. The third-order valence-corrected chi connectivity index (χ3v) is 7.95. The highest BCUT2D eigenvalue weighted by Gasteiger charge is 2.42. The molecule has 0 unspecified atom stereocenters. The standard InChI is InChI=1S/C30H24N2O10/c1-5-42-30(40)32-29(39)20-14(11(3)31-32)8-12-6-7-13-18(17(12)25(20)36)26(37)21-22(28(13)41-4)27(38)19-15(24(21)35)9-16(33)10(2)23(19)34/h8-9,33-34,36-37H,5-7H2,1-4H3. The summed E-state index contributed by atoms with van der Waals surface area (Å²) < 4.78 is 11.1. The van der Waals surface area contributed by atoms with E-state index in [0.717, 1.165) is 6.07 Å². The molecule has 0 saturated heterocycles. The Bertz CT molecular complexity index is 2020. The van der Waals surface area contributed by atoms with Crippen LogP contribution in [0.15, 0.2) is 16.9 Å². The number of rotatable bonds is 2. The summed E-state index contributed by atoms with van der Waals surface area (Å²) in [5, 5.41) is 48.3. The average molecular weight is 573 g/mol. The van der Waals surface area contributed by atoms with Gasteiger partial charge in [-0.2, -0.15) is 5.10 Å². The van der Waals surface area contributed by atoms with E-state index >= 15 is 0 Å². The molecule has 4 aromatic rings. The lowest BCUT2D eigenvalue weighted by atomic mass is 9.75. The van der Waals surface area contributed by atoms with Gasteiger partial charge in [-0.15, -0.1) is 4.68 Å². The normalized spacial score (nSPS) is 13.3. The van der Waals surface area contributed by atoms with Crippen LogP contribution in [0.4, 0.5) is 4.79 Å². The van der Waals surface area contributed by atoms with Crippen LogP contribution in [0.3, 0.4) is 0 Å². The van der Waals surface area contributed by atoms with Crippen molar-refractivity contribution in [1.82, 2.24) is 9.78 Å². The Kier molecular flexibility index (Phi) is 5.78. The Morgan fingerprint density at radius 3 is 2.29 bits per heavy atom. The molecule has 214 valence electrons. The van der Waals surface area contributed by atoms with Crippen molar-refractivity contribution in [2.45, 2.75) is 33.6 Å². The van der Waals surface area contributed by atoms with Gasteiger partial charge in [0.25, 0.3) is 5.56 Å². The zero-order chi connectivity index (χ0) is 30.4. The van der Waals surface area contributed by atoms with Crippen LogP contribution in [0, 0.1) is 13.8 Å². The summed E-state index contributed by atoms with van der Waals surface area (Å²) in [5.74, 6) is -3.87. The molecule has 2 aliphatic carbocycles.